The number of carbonyl (C=O) groups excluding carboxylic acids is 1. The monoisotopic (exact) mass is 292 g/mol. The number of carbonyl (C=O) groups is 1. The lowest BCUT2D eigenvalue weighted by molar-refractivity contribution is -0.385. The van der Waals surface area contributed by atoms with Crippen LogP contribution in [-0.4, -0.2) is 16.6 Å². The summed E-state index contributed by atoms with van der Waals surface area (Å²) in [5.41, 5.74) is 1.10. The Kier molecular flexibility index (Phi) is 4.16. The third-order valence-electron chi connectivity index (χ3n) is 3.37. The van der Waals surface area contributed by atoms with Crippen molar-refractivity contribution in [2.45, 2.75) is 51.7 Å². The van der Waals surface area contributed by atoms with E-state index in [-0.39, 0.29) is 16.7 Å². The number of alkyl carbamates (subject to hydrolysis) is 1. The first-order valence-corrected chi connectivity index (χ1v) is 7.03. The molecule has 0 heterocycles. The summed E-state index contributed by atoms with van der Waals surface area (Å²) in [5, 5.41) is 13.9. The van der Waals surface area contributed by atoms with Gasteiger partial charge in [-0.15, -0.1) is 0 Å². The first kappa shape index (κ1) is 15.3. The molecule has 1 aromatic rings. The second kappa shape index (κ2) is 5.71. The van der Waals surface area contributed by atoms with E-state index in [2.05, 4.69) is 5.32 Å². The number of amides is 1. The van der Waals surface area contributed by atoms with E-state index in [0.29, 0.717) is 6.42 Å². The van der Waals surface area contributed by atoms with Crippen LogP contribution in [0.15, 0.2) is 18.2 Å². The van der Waals surface area contributed by atoms with E-state index in [9.17, 15) is 14.9 Å². The second-order valence-corrected chi connectivity index (χ2v) is 6.19. The number of nitro benzene ring substituents is 1. The molecule has 0 fully saturated rings. The van der Waals surface area contributed by atoms with Gasteiger partial charge in [-0.3, -0.25) is 10.1 Å². The van der Waals surface area contributed by atoms with Crippen LogP contribution in [-0.2, 0) is 11.2 Å². The summed E-state index contributed by atoms with van der Waals surface area (Å²) < 4.78 is 5.25. The van der Waals surface area contributed by atoms with Crippen LogP contribution in [0.1, 0.15) is 50.8 Å². The van der Waals surface area contributed by atoms with E-state index in [0.717, 1.165) is 24.0 Å². The fourth-order valence-corrected chi connectivity index (χ4v) is 2.60. The van der Waals surface area contributed by atoms with Crippen LogP contribution in [0.2, 0.25) is 0 Å². The van der Waals surface area contributed by atoms with Gasteiger partial charge in [0, 0.05) is 11.6 Å². The van der Waals surface area contributed by atoms with E-state index < -0.39 is 11.7 Å². The normalized spacial score (nSPS) is 17.8. The van der Waals surface area contributed by atoms with Crippen LogP contribution in [0.5, 0.6) is 0 Å². The topological polar surface area (TPSA) is 81.5 Å². The molecule has 0 bridgehead atoms. The Labute approximate surface area is 123 Å². The number of benzene rings is 1. The first-order chi connectivity index (χ1) is 9.78. The van der Waals surface area contributed by atoms with E-state index >= 15 is 0 Å². The van der Waals surface area contributed by atoms with Gasteiger partial charge in [-0.1, -0.05) is 12.1 Å². The zero-order valence-electron chi connectivity index (χ0n) is 12.5. The highest BCUT2D eigenvalue weighted by Gasteiger charge is 2.28. The van der Waals surface area contributed by atoms with E-state index in [1.165, 1.54) is 6.07 Å². The molecule has 1 amide bonds. The molecule has 6 nitrogen and oxygen atoms in total. The van der Waals surface area contributed by atoms with Gasteiger partial charge >= 0.3 is 6.09 Å². The maximum absolute atomic E-state index is 11.9. The lowest BCUT2D eigenvalue weighted by Gasteiger charge is -2.27. The first-order valence-electron chi connectivity index (χ1n) is 7.03. The van der Waals surface area contributed by atoms with Crippen molar-refractivity contribution in [3.63, 3.8) is 0 Å². The number of hydrogen-bond donors (Lipinski definition) is 1. The molecule has 0 aliphatic heterocycles. The van der Waals surface area contributed by atoms with Crippen LogP contribution in [0.25, 0.3) is 0 Å². The molecular formula is C15H20N2O4. The molecule has 2 rings (SSSR count). The summed E-state index contributed by atoms with van der Waals surface area (Å²) in [6, 6.07) is 4.77. The van der Waals surface area contributed by atoms with Gasteiger partial charge in [0.15, 0.2) is 0 Å². The largest absolute Gasteiger partial charge is 0.444 e. The average molecular weight is 292 g/mol. The zero-order valence-corrected chi connectivity index (χ0v) is 12.5. The van der Waals surface area contributed by atoms with Gasteiger partial charge in [-0.2, -0.15) is 0 Å². The molecule has 1 aliphatic carbocycles. The van der Waals surface area contributed by atoms with Gasteiger partial charge < -0.3 is 10.1 Å². The van der Waals surface area contributed by atoms with E-state index in [1.807, 2.05) is 6.07 Å². The highest BCUT2D eigenvalue weighted by atomic mass is 16.6. The minimum Gasteiger partial charge on any atom is -0.444 e. The zero-order chi connectivity index (χ0) is 15.6. The molecular weight excluding hydrogens is 272 g/mol. The second-order valence-electron chi connectivity index (χ2n) is 6.19. The van der Waals surface area contributed by atoms with Crippen LogP contribution in [0.3, 0.4) is 0 Å². The smallest absolute Gasteiger partial charge is 0.408 e. The molecule has 0 saturated heterocycles. The molecule has 1 atom stereocenters. The molecule has 114 valence electrons. The third kappa shape index (κ3) is 3.71. The standard InChI is InChI=1S/C15H20N2O4/c1-15(2,3)21-14(18)16-12-8-4-7-11-10(12)6-5-9-13(11)17(19)20/h5-6,9,12H,4,7-8H2,1-3H3,(H,16,18)/t12-/m1/s1. The lowest BCUT2D eigenvalue weighted by atomic mass is 9.86. The number of nitro groups is 1. The van der Waals surface area contributed by atoms with Crippen molar-refractivity contribution >= 4 is 11.8 Å². The van der Waals surface area contributed by atoms with Gasteiger partial charge in [-0.05, 0) is 45.6 Å². The predicted octanol–water partition coefficient (Wildman–Crippen LogP) is 3.50. The summed E-state index contributed by atoms with van der Waals surface area (Å²) >= 11 is 0. The summed E-state index contributed by atoms with van der Waals surface area (Å²) in [4.78, 5) is 22.6. The molecule has 0 radical (unpaired) electrons. The highest BCUT2D eigenvalue weighted by Crippen LogP contribution is 2.35. The Balaban J connectivity index is 2.21. The Morgan fingerprint density at radius 1 is 1.43 bits per heavy atom. The van der Waals surface area contributed by atoms with Crippen molar-refractivity contribution in [3.8, 4) is 0 Å². The van der Waals surface area contributed by atoms with Gasteiger partial charge in [0.05, 0.1) is 11.0 Å². The quantitative estimate of drug-likeness (QED) is 0.668. The minimum absolute atomic E-state index is 0.128. The van der Waals surface area contributed by atoms with Crippen molar-refractivity contribution in [1.29, 1.82) is 0 Å². The van der Waals surface area contributed by atoms with Gasteiger partial charge in [0.2, 0.25) is 0 Å². The van der Waals surface area contributed by atoms with E-state index in [1.54, 1.807) is 26.8 Å². The van der Waals surface area contributed by atoms with Crippen LogP contribution in [0, 0.1) is 10.1 Å². The summed E-state index contributed by atoms with van der Waals surface area (Å²) in [6.45, 7) is 5.39. The summed E-state index contributed by atoms with van der Waals surface area (Å²) in [6.07, 6.45) is 1.73. The minimum atomic E-state index is -0.565. The highest BCUT2D eigenvalue weighted by molar-refractivity contribution is 5.69. The molecule has 6 heteroatoms. The number of rotatable bonds is 2. The Bertz CT molecular complexity index is 563. The van der Waals surface area contributed by atoms with Gasteiger partial charge in [0.1, 0.15) is 5.60 Å². The Hall–Kier alpha value is -2.11. The fourth-order valence-electron chi connectivity index (χ4n) is 2.60. The number of nitrogens with one attached hydrogen (secondary N) is 1. The van der Waals surface area contributed by atoms with Crippen molar-refractivity contribution in [1.82, 2.24) is 5.32 Å². The fraction of sp³-hybridized carbons (Fsp3) is 0.533. The molecule has 1 aromatic carbocycles. The summed E-state index contributed by atoms with van der Waals surface area (Å²) in [7, 11) is 0. The average Bonchev–Trinajstić information content (AvgIpc) is 2.36. The molecule has 1 aliphatic rings. The van der Waals surface area contributed by atoms with Crippen molar-refractivity contribution in [2.24, 2.45) is 0 Å². The van der Waals surface area contributed by atoms with Crippen LogP contribution < -0.4 is 5.32 Å². The van der Waals surface area contributed by atoms with Crippen molar-refractivity contribution in [3.05, 3.63) is 39.4 Å². The number of nitrogens with zero attached hydrogens (tertiary/aromatic N) is 1. The Morgan fingerprint density at radius 3 is 2.76 bits per heavy atom. The maximum atomic E-state index is 11.9. The van der Waals surface area contributed by atoms with Gasteiger partial charge in [-0.25, -0.2) is 4.79 Å². The lowest BCUT2D eigenvalue weighted by Crippen LogP contribution is -2.36. The number of fused-ring (bicyclic) bond motifs is 1. The predicted molar refractivity (Wildman–Crippen MR) is 78.1 cm³/mol. The SMILES string of the molecule is CC(C)(C)OC(=O)N[C@@H]1CCCc2c1cccc2[N+](=O)[O-]. The van der Waals surface area contributed by atoms with Crippen LogP contribution >= 0.6 is 0 Å². The van der Waals surface area contributed by atoms with E-state index in [4.69, 9.17) is 4.74 Å². The third-order valence-corrected chi connectivity index (χ3v) is 3.37. The molecule has 1 N–H and O–H groups in total. The molecule has 0 unspecified atom stereocenters. The molecule has 0 saturated carbocycles. The summed E-state index contributed by atoms with van der Waals surface area (Å²) in [5.74, 6) is 0. The molecule has 21 heavy (non-hydrogen) atoms. The van der Waals surface area contributed by atoms with Gasteiger partial charge in [0.25, 0.3) is 5.69 Å². The number of hydrogen-bond acceptors (Lipinski definition) is 4. The molecule has 0 spiro atoms. The van der Waals surface area contributed by atoms with Crippen molar-refractivity contribution in [2.75, 3.05) is 0 Å². The van der Waals surface area contributed by atoms with Crippen molar-refractivity contribution < 1.29 is 14.5 Å². The molecule has 0 aromatic heterocycles. The Morgan fingerprint density at radius 2 is 2.14 bits per heavy atom. The number of ether oxygens (including phenoxy) is 1. The maximum Gasteiger partial charge on any atom is 0.408 e. The van der Waals surface area contributed by atoms with Crippen LogP contribution in [0.4, 0.5) is 10.5 Å².